The van der Waals surface area contributed by atoms with Gasteiger partial charge in [0.05, 0.1) is 6.10 Å². The molecule has 2 aliphatic carbocycles. The van der Waals surface area contributed by atoms with E-state index in [1.165, 1.54) is 32.1 Å². The molecule has 0 aromatic rings. The first-order valence-electron chi connectivity index (χ1n) is 11.2. The summed E-state index contributed by atoms with van der Waals surface area (Å²) < 4.78 is 11.8. The molecule has 0 spiro atoms. The van der Waals surface area contributed by atoms with Crippen LogP contribution in [0.15, 0.2) is 0 Å². The topological polar surface area (TPSA) is 71.1 Å². The van der Waals surface area contributed by atoms with E-state index >= 15 is 0 Å². The highest BCUT2D eigenvalue weighted by molar-refractivity contribution is 5.82. The lowest BCUT2D eigenvalue weighted by molar-refractivity contribution is -0.126. The molecule has 0 bridgehead atoms. The van der Waals surface area contributed by atoms with Crippen LogP contribution in [0.2, 0.25) is 0 Å². The Kier molecular flexibility index (Phi) is 10.3. The maximum absolute atomic E-state index is 12.1. The third kappa shape index (κ3) is 8.18. The molecule has 1 heterocycles. The summed E-state index contributed by atoms with van der Waals surface area (Å²) in [6.07, 6.45) is 12.9. The Hall–Kier alpha value is -0.490. The maximum Gasteiger partial charge on any atom is 0.138 e. The summed E-state index contributed by atoms with van der Waals surface area (Å²) in [6.45, 7) is 6.80. The number of ether oxygens (including phenoxy) is 2. The Morgan fingerprint density at radius 1 is 1.15 bits per heavy atom. The molecule has 5 heteroatoms. The minimum atomic E-state index is 0. The van der Waals surface area contributed by atoms with Crippen LogP contribution in [-0.2, 0) is 14.3 Å². The van der Waals surface area contributed by atoms with E-state index in [0.717, 1.165) is 38.7 Å². The highest BCUT2D eigenvalue weighted by Gasteiger charge is 2.40. The summed E-state index contributed by atoms with van der Waals surface area (Å²) in [6, 6.07) is 0.524. The van der Waals surface area contributed by atoms with E-state index in [1.807, 2.05) is 13.8 Å². The monoisotopic (exact) mass is 385 g/mol. The summed E-state index contributed by atoms with van der Waals surface area (Å²) in [5, 5.41) is 11.2. The zero-order valence-corrected chi connectivity index (χ0v) is 17.6. The normalized spacial score (nSPS) is 31.3. The van der Waals surface area contributed by atoms with E-state index in [2.05, 4.69) is 5.32 Å². The fourth-order valence-corrected chi connectivity index (χ4v) is 4.34. The highest BCUT2D eigenvalue weighted by Crippen LogP contribution is 2.31. The molecule has 0 radical (unpaired) electrons. The fourth-order valence-electron chi connectivity index (χ4n) is 4.34. The number of hydrogen-bond donors (Lipinski definition) is 2. The van der Waals surface area contributed by atoms with Gasteiger partial charge in [-0.3, -0.25) is 10.1 Å². The minimum absolute atomic E-state index is 0. The van der Waals surface area contributed by atoms with Crippen molar-refractivity contribution in [1.82, 2.24) is 5.32 Å². The minimum Gasteiger partial charge on any atom is -0.397 e. The first-order chi connectivity index (χ1) is 13.0. The zero-order chi connectivity index (χ0) is 19.6. The van der Waals surface area contributed by atoms with E-state index in [4.69, 9.17) is 14.6 Å². The number of rotatable bonds is 8. The average Bonchev–Trinajstić information content (AvgIpc) is 3.41. The van der Waals surface area contributed by atoms with Gasteiger partial charge in [-0.05, 0) is 45.4 Å². The maximum atomic E-state index is 12.1. The molecule has 3 rings (SSSR count). The molecule has 0 aromatic carbocycles. The molecule has 0 amide bonds. The SMILES string of the molecule is CC(C)C(=O)C1CCC(NC2OC2CCOC2CCCCC2)CC1.CCO.[HH]. The van der Waals surface area contributed by atoms with Gasteiger partial charge in [0, 0.05) is 38.9 Å². The predicted molar refractivity (Wildman–Crippen MR) is 110 cm³/mol. The number of ketones is 1. The summed E-state index contributed by atoms with van der Waals surface area (Å²) in [5.74, 6) is 0.927. The van der Waals surface area contributed by atoms with E-state index in [-0.39, 0.29) is 20.2 Å². The lowest BCUT2D eigenvalue weighted by Crippen LogP contribution is -2.38. The molecule has 2 saturated carbocycles. The van der Waals surface area contributed by atoms with Crippen molar-refractivity contribution in [3.8, 4) is 0 Å². The summed E-state index contributed by atoms with van der Waals surface area (Å²) >= 11 is 0. The van der Waals surface area contributed by atoms with Gasteiger partial charge in [0.15, 0.2) is 0 Å². The Morgan fingerprint density at radius 2 is 1.78 bits per heavy atom. The van der Waals surface area contributed by atoms with Gasteiger partial charge in [-0.15, -0.1) is 0 Å². The van der Waals surface area contributed by atoms with Crippen LogP contribution in [0.1, 0.15) is 86.4 Å². The molecular formula is C22H43NO4. The summed E-state index contributed by atoms with van der Waals surface area (Å²) in [5.41, 5.74) is 0. The molecule has 2 N–H and O–H groups in total. The number of carbonyl (C=O) groups excluding carboxylic acids is 1. The van der Waals surface area contributed by atoms with Gasteiger partial charge in [0.1, 0.15) is 18.1 Å². The van der Waals surface area contributed by atoms with Gasteiger partial charge < -0.3 is 14.6 Å². The molecule has 1 aliphatic heterocycles. The molecule has 160 valence electrons. The average molecular weight is 386 g/mol. The molecule has 27 heavy (non-hydrogen) atoms. The number of aliphatic hydroxyl groups is 1. The molecular weight excluding hydrogens is 342 g/mol. The van der Waals surface area contributed by atoms with Crippen LogP contribution in [0, 0.1) is 11.8 Å². The van der Waals surface area contributed by atoms with Crippen molar-refractivity contribution in [3.63, 3.8) is 0 Å². The van der Waals surface area contributed by atoms with Crippen molar-refractivity contribution in [1.29, 1.82) is 0 Å². The Bertz CT molecular complexity index is 421. The quantitative estimate of drug-likeness (QED) is 0.616. The van der Waals surface area contributed by atoms with E-state index in [9.17, 15) is 4.79 Å². The molecule has 2 atom stereocenters. The van der Waals surface area contributed by atoms with Gasteiger partial charge >= 0.3 is 0 Å². The van der Waals surface area contributed by atoms with Gasteiger partial charge in [0.25, 0.3) is 0 Å². The van der Waals surface area contributed by atoms with Crippen molar-refractivity contribution >= 4 is 5.78 Å². The lowest BCUT2D eigenvalue weighted by atomic mass is 9.80. The number of aliphatic hydroxyl groups excluding tert-OH is 1. The second-order valence-corrected chi connectivity index (χ2v) is 8.60. The summed E-state index contributed by atoms with van der Waals surface area (Å²) in [7, 11) is 0. The van der Waals surface area contributed by atoms with Crippen molar-refractivity contribution < 1.29 is 20.8 Å². The Balaban J connectivity index is 0.000000921. The van der Waals surface area contributed by atoms with Crippen LogP contribution in [0.5, 0.6) is 0 Å². The van der Waals surface area contributed by atoms with Crippen LogP contribution in [0.25, 0.3) is 0 Å². The van der Waals surface area contributed by atoms with Gasteiger partial charge in [-0.1, -0.05) is 33.1 Å². The second-order valence-electron chi connectivity index (χ2n) is 8.60. The Morgan fingerprint density at radius 3 is 2.37 bits per heavy atom. The van der Waals surface area contributed by atoms with Crippen molar-refractivity contribution in [2.24, 2.45) is 11.8 Å². The molecule has 3 aliphatic rings. The number of nitrogens with one attached hydrogen (secondary N) is 1. The van der Waals surface area contributed by atoms with Crippen LogP contribution in [0.3, 0.4) is 0 Å². The predicted octanol–water partition coefficient (Wildman–Crippen LogP) is 4.07. The van der Waals surface area contributed by atoms with Crippen LogP contribution >= 0.6 is 0 Å². The van der Waals surface area contributed by atoms with Crippen molar-refractivity contribution in [3.05, 3.63) is 0 Å². The van der Waals surface area contributed by atoms with Gasteiger partial charge in [0.2, 0.25) is 0 Å². The van der Waals surface area contributed by atoms with E-state index < -0.39 is 0 Å². The first kappa shape index (κ1) is 22.8. The molecule has 2 unspecified atom stereocenters. The largest absolute Gasteiger partial charge is 0.397 e. The first-order valence-corrected chi connectivity index (χ1v) is 11.2. The third-order valence-corrected chi connectivity index (χ3v) is 5.99. The molecule has 5 nitrogen and oxygen atoms in total. The highest BCUT2D eigenvalue weighted by atomic mass is 16.6. The second kappa shape index (κ2) is 12.2. The standard InChI is InChI=1S/C20H35NO3.C2H6O.H2/c1-14(2)19(22)15-8-10-16(11-9-15)21-20-18(24-20)12-13-23-17-6-4-3-5-7-17;1-2-3;/h14-18,20-21H,3-13H2,1-2H3;3H,2H2,1H3;1H. The number of carbonyl (C=O) groups is 1. The number of epoxide rings is 1. The molecule has 0 aromatic heterocycles. The smallest absolute Gasteiger partial charge is 0.138 e. The fraction of sp³-hybridized carbons (Fsp3) is 0.955. The molecule has 1 saturated heterocycles. The van der Waals surface area contributed by atoms with Crippen LogP contribution in [-0.4, -0.2) is 48.6 Å². The Labute approximate surface area is 167 Å². The van der Waals surface area contributed by atoms with Crippen LogP contribution < -0.4 is 5.32 Å². The van der Waals surface area contributed by atoms with Crippen molar-refractivity contribution in [2.75, 3.05) is 13.2 Å². The van der Waals surface area contributed by atoms with Gasteiger partial charge in [-0.25, -0.2) is 0 Å². The summed E-state index contributed by atoms with van der Waals surface area (Å²) in [4.78, 5) is 12.1. The van der Waals surface area contributed by atoms with E-state index in [0.29, 0.717) is 30.0 Å². The van der Waals surface area contributed by atoms with E-state index in [1.54, 1.807) is 6.92 Å². The number of Topliss-reactive ketones (excluding diaryl/α,β-unsaturated/α-hetero) is 1. The van der Waals surface area contributed by atoms with Crippen molar-refractivity contribution in [2.45, 2.75) is 109 Å². The van der Waals surface area contributed by atoms with Gasteiger partial charge in [-0.2, -0.15) is 0 Å². The lowest BCUT2D eigenvalue weighted by Gasteiger charge is -2.29. The zero-order valence-electron chi connectivity index (χ0n) is 17.6. The van der Waals surface area contributed by atoms with Crippen LogP contribution in [0.4, 0.5) is 0 Å². The molecule has 3 fully saturated rings. The number of hydrogen-bond acceptors (Lipinski definition) is 5. The third-order valence-electron chi connectivity index (χ3n) is 5.99.